The fourth-order valence-corrected chi connectivity index (χ4v) is 1.51. The van der Waals surface area contributed by atoms with E-state index in [0.717, 1.165) is 11.6 Å². The fraction of sp³-hybridized carbons (Fsp3) is 0.0769. The largest absolute Gasteiger partial charge is 0.444 e. The van der Waals surface area contributed by atoms with Crippen molar-refractivity contribution in [1.82, 2.24) is 4.98 Å². The Morgan fingerprint density at radius 3 is 2.79 bits per heavy atom. The summed E-state index contributed by atoms with van der Waals surface area (Å²) in [5, 5.41) is 2.36. The van der Waals surface area contributed by atoms with Crippen molar-refractivity contribution in [3.8, 4) is 0 Å². The molecule has 0 atom stereocenters. The van der Waals surface area contributed by atoms with E-state index >= 15 is 0 Å². The van der Waals surface area contributed by atoms with Crippen LogP contribution >= 0.6 is 11.6 Å². The number of amides is 1. The molecule has 2 aromatic rings. The lowest BCUT2D eigenvalue weighted by Crippen LogP contribution is -2.15. The van der Waals surface area contributed by atoms with Gasteiger partial charge in [0, 0.05) is 6.20 Å². The number of benzene rings is 1. The quantitative estimate of drug-likeness (QED) is 0.934. The van der Waals surface area contributed by atoms with Gasteiger partial charge in [-0.1, -0.05) is 41.9 Å². The van der Waals surface area contributed by atoms with Crippen molar-refractivity contribution in [1.29, 1.82) is 0 Å². The molecule has 0 aliphatic heterocycles. The molecule has 0 unspecified atom stereocenters. The fourth-order valence-electron chi connectivity index (χ4n) is 1.36. The molecule has 19 heavy (non-hydrogen) atoms. The van der Waals surface area contributed by atoms with Crippen LogP contribution in [0.1, 0.15) is 5.56 Å². The molecule has 1 amide bonds. The number of hydrogen-bond donors (Lipinski definition) is 1. The van der Waals surface area contributed by atoms with E-state index < -0.39 is 11.9 Å². The van der Waals surface area contributed by atoms with Gasteiger partial charge < -0.3 is 4.74 Å². The lowest BCUT2D eigenvalue weighted by atomic mass is 10.2. The molecule has 0 fully saturated rings. The van der Waals surface area contributed by atoms with Gasteiger partial charge in [0.1, 0.15) is 6.61 Å². The normalized spacial score (nSPS) is 10.0. The summed E-state index contributed by atoms with van der Waals surface area (Å²) in [7, 11) is 0. The number of anilines is 1. The van der Waals surface area contributed by atoms with Crippen LogP contribution in [0.15, 0.2) is 42.6 Å². The number of halogens is 2. The molecule has 0 bridgehead atoms. The monoisotopic (exact) mass is 280 g/mol. The Morgan fingerprint density at radius 2 is 2.11 bits per heavy atom. The maximum atomic E-state index is 13.4. The number of carbonyl (C=O) groups excluding carboxylic acids is 1. The van der Waals surface area contributed by atoms with Crippen LogP contribution < -0.4 is 5.32 Å². The van der Waals surface area contributed by atoms with Crippen molar-refractivity contribution in [3.05, 3.63) is 59.0 Å². The Balaban J connectivity index is 1.91. The van der Waals surface area contributed by atoms with Crippen molar-refractivity contribution in [2.45, 2.75) is 6.61 Å². The molecule has 1 heterocycles. The molecule has 6 heteroatoms. The van der Waals surface area contributed by atoms with Crippen LogP contribution in [0.5, 0.6) is 0 Å². The highest BCUT2D eigenvalue weighted by Gasteiger charge is 2.09. The molecule has 2 rings (SSSR count). The summed E-state index contributed by atoms with van der Waals surface area (Å²) in [6.45, 7) is 0.0991. The first-order valence-electron chi connectivity index (χ1n) is 5.44. The first-order valence-corrected chi connectivity index (χ1v) is 5.81. The summed E-state index contributed by atoms with van der Waals surface area (Å²) in [5.74, 6) is -0.938. The lowest BCUT2D eigenvalue weighted by molar-refractivity contribution is 0.155. The third-order valence-corrected chi connectivity index (χ3v) is 2.45. The van der Waals surface area contributed by atoms with Gasteiger partial charge in [0.2, 0.25) is 0 Å². The molecule has 0 aliphatic carbocycles. The molecule has 1 aromatic heterocycles. The third-order valence-electron chi connectivity index (χ3n) is 2.24. The predicted octanol–water partition coefficient (Wildman–Crippen LogP) is 3.62. The molecule has 0 saturated carbocycles. The third kappa shape index (κ3) is 3.93. The molecule has 0 aliphatic rings. The molecule has 1 aromatic carbocycles. The highest BCUT2D eigenvalue weighted by atomic mass is 35.5. The molecule has 0 radical (unpaired) electrons. The SMILES string of the molecule is O=C(Nc1ncc(Cl)cc1F)OCc1ccccc1. The topological polar surface area (TPSA) is 51.2 Å². The average molecular weight is 281 g/mol. The van der Waals surface area contributed by atoms with E-state index in [1.54, 1.807) is 0 Å². The van der Waals surface area contributed by atoms with Gasteiger partial charge in [-0.2, -0.15) is 0 Å². The summed E-state index contributed by atoms with van der Waals surface area (Å²) in [6.07, 6.45) is 0.454. The summed E-state index contributed by atoms with van der Waals surface area (Å²) in [5.41, 5.74) is 0.835. The van der Waals surface area contributed by atoms with Gasteiger partial charge in [-0.3, -0.25) is 5.32 Å². The van der Waals surface area contributed by atoms with Crippen LogP contribution in [0.2, 0.25) is 5.02 Å². The van der Waals surface area contributed by atoms with E-state index in [-0.39, 0.29) is 17.4 Å². The maximum Gasteiger partial charge on any atom is 0.413 e. The number of ether oxygens (including phenoxy) is 1. The number of nitrogens with zero attached hydrogens (tertiary/aromatic N) is 1. The van der Waals surface area contributed by atoms with Gasteiger partial charge in [0.15, 0.2) is 11.6 Å². The van der Waals surface area contributed by atoms with Crippen LogP contribution in [0.3, 0.4) is 0 Å². The summed E-state index contributed by atoms with van der Waals surface area (Å²) in [4.78, 5) is 15.1. The van der Waals surface area contributed by atoms with Crippen molar-refractivity contribution >= 4 is 23.5 Å². The number of hydrogen-bond acceptors (Lipinski definition) is 3. The van der Waals surface area contributed by atoms with Crippen LogP contribution in [-0.2, 0) is 11.3 Å². The first kappa shape index (κ1) is 13.3. The van der Waals surface area contributed by atoms with Gasteiger partial charge in [-0.25, -0.2) is 14.2 Å². The number of nitrogens with one attached hydrogen (secondary N) is 1. The van der Waals surface area contributed by atoms with E-state index in [1.165, 1.54) is 6.20 Å². The van der Waals surface area contributed by atoms with Crippen molar-refractivity contribution < 1.29 is 13.9 Å². The van der Waals surface area contributed by atoms with E-state index in [2.05, 4.69) is 10.3 Å². The average Bonchev–Trinajstić information content (AvgIpc) is 2.41. The van der Waals surface area contributed by atoms with Gasteiger partial charge in [0.05, 0.1) is 5.02 Å². The van der Waals surface area contributed by atoms with Gasteiger partial charge in [-0.05, 0) is 11.6 Å². The van der Waals surface area contributed by atoms with Gasteiger partial charge in [0.25, 0.3) is 0 Å². The smallest absolute Gasteiger partial charge is 0.413 e. The first-order chi connectivity index (χ1) is 9.15. The Kier molecular flexibility index (Phi) is 4.30. The number of carbonyl (C=O) groups is 1. The summed E-state index contributed by atoms with van der Waals surface area (Å²) < 4.78 is 18.3. The Bertz CT molecular complexity index is 578. The van der Waals surface area contributed by atoms with E-state index in [9.17, 15) is 9.18 Å². The molecule has 1 N–H and O–H groups in total. The Labute approximate surface area is 114 Å². The molecular formula is C13H10ClFN2O2. The zero-order chi connectivity index (χ0) is 13.7. The second-order valence-electron chi connectivity index (χ2n) is 3.67. The van der Waals surface area contributed by atoms with Crippen LogP contribution in [0, 0.1) is 5.82 Å². The minimum absolute atomic E-state index is 0.0991. The molecule has 0 saturated heterocycles. The van der Waals surface area contributed by atoms with Crippen LogP contribution in [-0.4, -0.2) is 11.1 Å². The summed E-state index contributed by atoms with van der Waals surface area (Å²) in [6, 6.07) is 10.2. The second-order valence-corrected chi connectivity index (χ2v) is 4.11. The van der Waals surface area contributed by atoms with E-state index in [1.807, 2.05) is 30.3 Å². The Hall–Kier alpha value is -2.14. The van der Waals surface area contributed by atoms with E-state index in [4.69, 9.17) is 16.3 Å². The molecule has 4 nitrogen and oxygen atoms in total. The number of rotatable bonds is 3. The van der Waals surface area contributed by atoms with Crippen molar-refractivity contribution in [2.24, 2.45) is 0 Å². The predicted molar refractivity (Wildman–Crippen MR) is 69.5 cm³/mol. The highest BCUT2D eigenvalue weighted by molar-refractivity contribution is 6.30. The van der Waals surface area contributed by atoms with Crippen LogP contribution in [0.25, 0.3) is 0 Å². The standard InChI is InChI=1S/C13H10ClFN2O2/c14-10-6-11(15)12(16-7-10)17-13(18)19-8-9-4-2-1-3-5-9/h1-7H,8H2,(H,16,17,18). The van der Waals surface area contributed by atoms with Crippen molar-refractivity contribution in [3.63, 3.8) is 0 Å². The van der Waals surface area contributed by atoms with Crippen molar-refractivity contribution in [2.75, 3.05) is 5.32 Å². The maximum absolute atomic E-state index is 13.4. The number of pyridine rings is 1. The van der Waals surface area contributed by atoms with Crippen LogP contribution in [0.4, 0.5) is 15.0 Å². The van der Waals surface area contributed by atoms with Gasteiger partial charge in [-0.15, -0.1) is 0 Å². The minimum atomic E-state index is -0.780. The van der Waals surface area contributed by atoms with Gasteiger partial charge >= 0.3 is 6.09 Å². The molecular weight excluding hydrogens is 271 g/mol. The summed E-state index contributed by atoms with van der Waals surface area (Å²) >= 11 is 5.55. The zero-order valence-electron chi connectivity index (χ0n) is 9.77. The zero-order valence-corrected chi connectivity index (χ0v) is 10.5. The second kappa shape index (κ2) is 6.15. The van der Waals surface area contributed by atoms with E-state index in [0.29, 0.717) is 0 Å². The lowest BCUT2D eigenvalue weighted by Gasteiger charge is -2.07. The molecule has 98 valence electrons. The minimum Gasteiger partial charge on any atom is -0.444 e. The molecule has 0 spiro atoms. The number of aromatic nitrogens is 1. The Morgan fingerprint density at radius 1 is 1.37 bits per heavy atom. The highest BCUT2D eigenvalue weighted by Crippen LogP contribution is 2.15.